The van der Waals surface area contributed by atoms with E-state index in [4.69, 9.17) is 29.0 Å². The van der Waals surface area contributed by atoms with E-state index in [-0.39, 0.29) is 24.4 Å². The monoisotopic (exact) mass is 1070 g/mol. The molecule has 2 rings (SSSR count). The molecule has 1 aromatic heterocycles. The third-order valence-corrected chi connectivity index (χ3v) is 13.5. The third-order valence-electron chi connectivity index (χ3n) is 10.9. The second-order valence-corrected chi connectivity index (χ2v) is 20.4. The number of nitrogen functional groups attached to an aromatic ring is 1. The smallest absolute Gasteiger partial charge is 0.462 e. The van der Waals surface area contributed by atoms with Crippen molar-refractivity contribution in [2.24, 2.45) is 0 Å². The average molecular weight is 1070 g/mol. The number of ketones is 1. The van der Waals surface area contributed by atoms with Crippen LogP contribution in [0.15, 0.2) is 102 Å². The van der Waals surface area contributed by atoms with E-state index < -0.39 is 83.7 Å². The molecule has 2 heterocycles. The maximum Gasteiger partial charge on any atom is 0.481 e. The lowest BCUT2D eigenvalue weighted by Crippen LogP contribution is -2.36. The molecule has 1 aliphatic rings. The van der Waals surface area contributed by atoms with Gasteiger partial charge in [0.1, 0.15) is 30.7 Å². The van der Waals surface area contributed by atoms with Gasteiger partial charge in [0.15, 0.2) is 18.1 Å². The molecule has 0 bridgehead atoms. The van der Waals surface area contributed by atoms with Gasteiger partial charge in [-0.1, -0.05) is 138 Å². The quantitative estimate of drug-likeness (QED) is 0.0102. The molecule has 0 radical (unpaired) electrons. The van der Waals surface area contributed by atoms with E-state index in [0.717, 1.165) is 49.3 Å². The fourth-order valence-electron chi connectivity index (χ4n) is 6.92. The Balaban J connectivity index is 1.86. The zero-order chi connectivity index (χ0) is 53.6. The molecular weight excluding hydrogens is 985 g/mol. The molecule has 0 aliphatic carbocycles. The molecule has 7 atom stereocenters. The first-order valence-electron chi connectivity index (χ1n) is 25.6. The van der Waals surface area contributed by atoms with Crippen molar-refractivity contribution < 1.29 is 71.1 Å². The Morgan fingerprint density at radius 2 is 1.25 bits per heavy atom. The van der Waals surface area contributed by atoms with Gasteiger partial charge < -0.3 is 39.9 Å². The van der Waals surface area contributed by atoms with Crippen molar-refractivity contribution in [2.75, 3.05) is 25.6 Å². The third kappa shape index (κ3) is 31.8. The molecule has 1 aliphatic heterocycles. The number of rotatable bonds is 41. The van der Waals surface area contributed by atoms with Gasteiger partial charge in [0.25, 0.3) is 0 Å². The minimum atomic E-state index is -5.46. The van der Waals surface area contributed by atoms with Crippen LogP contribution in [0.5, 0.6) is 0 Å². The first-order chi connectivity index (χ1) is 35.1. The van der Waals surface area contributed by atoms with Gasteiger partial charge in [-0.25, -0.2) is 13.9 Å². The predicted octanol–water partition coefficient (Wildman–Crippen LogP) is 9.84. The number of nitrogens with two attached hydrogens (primary N) is 1. The van der Waals surface area contributed by atoms with Crippen molar-refractivity contribution in [1.82, 2.24) is 9.55 Å². The lowest BCUT2D eigenvalue weighted by Gasteiger charge is -2.21. The van der Waals surface area contributed by atoms with Crippen molar-refractivity contribution in [1.29, 1.82) is 0 Å². The number of anilines is 1. The molecule has 1 saturated heterocycles. The van der Waals surface area contributed by atoms with Crippen LogP contribution in [0.3, 0.4) is 0 Å². The molecule has 1 aromatic rings. The lowest BCUT2D eigenvalue weighted by atomic mass is 10.1. The van der Waals surface area contributed by atoms with Crippen LogP contribution in [0.4, 0.5) is 5.82 Å². The summed E-state index contributed by atoms with van der Waals surface area (Å²) in [7, 11) is -10.9. The number of esters is 2. The number of aromatic nitrogens is 2. The summed E-state index contributed by atoms with van der Waals surface area (Å²) < 4.78 is 56.6. The number of carbonyl (C=O) groups is 3. The van der Waals surface area contributed by atoms with Crippen LogP contribution in [0, 0.1) is 0 Å². The number of aliphatic hydroxyl groups excluding tert-OH is 2. The summed E-state index contributed by atoms with van der Waals surface area (Å²) in [5.74, 6) is -1.35. The number of unbranched alkanes of at least 4 members (excludes halogenated alkanes) is 10. The molecule has 73 heavy (non-hydrogen) atoms. The van der Waals surface area contributed by atoms with Crippen molar-refractivity contribution in [3.05, 3.63) is 108 Å². The fourth-order valence-corrected chi connectivity index (χ4v) is 9.03. The van der Waals surface area contributed by atoms with Crippen molar-refractivity contribution >= 4 is 39.2 Å². The van der Waals surface area contributed by atoms with Crippen LogP contribution < -0.4 is 11.4 Å². The Morgan fingerprint density at radius 1 is 0.699 bits per heavy atom. The van der Waals surface area contributed by atoms with Gasteiger partial charge in [-0.3, -0.25) is 28.0 Å². The minimum absolute atomic E-state index is 0.00995. The Labute approximate surface area is 431 Å². The number of hydrogen-bond donors (Lipinski definition) is 5. The summed E-state index contributed by atoms with van der Waals surface area (Å²) in [4.78, 5) is 73.6. The highest BCUT2D eigenvalue weighted by Gasteiger charge is 2.46. The normalized spacial score (nSPS) is 19.6. The Morgan fingerprint density at radius 3 is 1.88 bits per heavy atom. The van der Waals surface area contributed by atoms with Gasteiger partial charge in [-0.15, -0.1) is 0 Å². The summed E-state index contributed by atoms with van der Waals surface area (Å²) in [6.45, 7) is 1.87. The number of allylic oxidation sites excluding steroid dienone is 14. The Bertz CT molecular complexity index is 2120. The second-order valence-electron chi connectivity index (χ2n) is 17.3. The van der Waals surface area contributed by atoms with Gasteiger partial charge >= 0.3 is 33.3 Å². The highest BCUT2D eigenvalue weighted by molar-refractivity contribution is 7.61. The number of carbonyl (C=O) groups excluding carboxylic acids is 3. The first-order valence-corrected chi connectivity index (χ1v) is 28.5. The zero-order valence-electron chi connectivity index (χ0n) is 42.6. The van der Waals surface area contributed by atoms with Crippen molar-refractivity contribution in [3.8, 4) is 0 Å². The van der Waals surface area contributed by atoms with E-state index in [0.29, 0.717) is 44.9 Å². The lowest BCUT2D eigenvalue weighted by molar-refractivity contribution is -0.161. The highest BCUT2D eigenvalue weighted by Crippen LogP contribution is 2.60. The van der Waals surface area contributed by atoms with Crippen molar-refractivity contribution in [3.63, 3.8) is 0 Å². The summed E-state index contributed by atoms with van der Waals surface area (Å²) in [6.07, 6.45) is 38.1. The van der Waals surface area contributed by atoms with E-state index >= 15 is 0 Å². The number of phosphoric ester groups is 2. The molecule has 0 amide bonds. The SMILES string of the molecule is CCCCCCCC/C=C\C/C=C\C/C=C\CCCC(=O)O[C@H](COC(=O)CCC/C=C\C/C=C\C/C=C\C=C\C(=O)CCCCC)COP(=O)(O)OP(=O)(O)OC[C@H]1O[C@@H](n2ccc(N)nc2=O)[C@H](O)[C@@H]1O. The molecule has 0 spiro atoms. The molecule has 2 unspecified atom stereocenters. The zero-order valence-corrected chi connectivity index (χ0v) is 44.4. The van der Waals surface area contributed by atoms with Crippen LogP contribution in [-0.2, 0) is 51.1 Å². The standard InChI is InChI=1S/C52H81N3O16P2/c1-3-5-7-8-9-10-11-12-13-14-15-16-19-23-26-29-33-37-48(58)69-44(40-66-47(57)36-32-28-25-22-20-17-18-21-24-27-31-35-43(56)34-30-6-4-2)41-67-72(62,63)71-73(64,65)68-42-45-49(59)50(60)51(70-45)55-39-38-46(53)54-52(55)61/h12-13,15-18,22-27,31,35,38-39,44-45,49-51,59-60H,3-11,14,19-21,28-30,32-34,36-37,40-42H2,1-2H3,(H,62,63)(H,64,65)(H2,53,54,61)/b13-12-,16-15-,18-17-,25-22-,26-23-,27-24-,35-31+/t44-,45-,49-,50-,51-/m1/s1. The van der Waals surface area contributed by atoms with E-state index in [2.05, 4.69) is 47.4 Å². The van der Waals surface area contributed by atoms with Gasteiger partial charge in [0, 0.05) is 25.5 Å². The Hall–Kier alpha value is -4.39. The largest absolute Gasteiger partial charge is 0.481 e. The van der Waals surface area contributed by atoms with Crippen molar-refractivity contribution in [2.45, 2.75) is 179 Å². The number of ether oxygens (including phenoxy) is 3. The van der Waals surface area contributed by atoms with Crippen LogP contribution >= 0.6 is 15.6 Å². The van der Waals surface area contributed by atoms with Crippen LogP contribution in [-0.4, -0.2) is 91.5 Å². The van der Waals surface area contributed by atoms with Gasteiger partial charge in [-0.05, 0) is 82.8 Å². The number of hydrogen-bond acceptors (Lipinski definition) is 16. The van der Waals surface area contributed by atoms with Gasteiger partial charge in [0.2, 0.25) is 0 Å². The maximum atomic E-state index is 12.8. The molecule has 410 valence electrons. The van der Waals surface area contributed by atoms with E-state index in [1.165, 1.54) is 44.6 Å². The van der Waals surface area contributed by atoms with Crippen LogP contribution in [0.25, 0.3) is 0 Å². The summed E-state index contributed by atoms with van der Waals surface area (Å²) in [6, 6.07) is 1.24. The Kier molecular flexibility index (Phi) is 34.7. The summed E-state index contributed by atoms with van der Waals surface area (Å²) in [5, 5.41) is 20.9. The van der Waals surface area contributed by atoms with E-state index in [1.54, 1.807) is 12.2 Å². The average Bonchev–Trinajstić information content (AvgIpc) is 3.62. The molecule has 19 nitrogen and oxygen atoms in total. The predicted molar refractivity (Wildman–Crippen MR) is 280 cm³/mol. The molecular formula is C52H81N3O16P2. The molecule has 1 fully saturated rings. The maximum absolute atomic E-state index is 12.8. The molecule has 21 heteroatoms. The fraction of sp³-hybridized carbons (Fsp3) is 0.596. The molecule has 0 aromatic carbocycles. The minimum Gasteiger partial charge on any atom is -0.462 e. The number of phosphoric acid groups is 2. The highest BCUT2D eigenvalue weighted by atomic mass is 31.3. The van der Waals surface area contributed by atoms with Crippen LogP contribution in [0.2, 0.25) is 0 Å². The second kappa shape index (κ2) is 39.1. The first kappa shape index (κ1) is 64.7. The van der Waals surface area contributed by atoms with Gasteiger partial charge in [0.05, 0.1) is 13.2 Å². The summed E-state index contributed by atoms with van der Waals surface area (Å²) in [5.41, 5.74) is 4.57. The van der Waals surface area contributed by atoms with Gasteiger partial charge in [-0.2, -0.15) is 9.29 Å². The van der Waals surface area contributed by atoms with Crippen LogP contribution in [0.1, 0.15) is 155 Å². The summed E-state index contributed by atoms with van der Waals surface area (Å²) >= 11 is 0. The molecule has 0 saturated carbocycles. The topological polar surface area (TPSA) is 283 Å². The number of nitrogens with zero attached hydrogens (tertiary/aromatic N) is 2. The van der Waals surface area contributed by atoms with E-state index in [9.17, 15) is 48.3 Å². The van der Waals surface area contributed by atoms with E-state index in [1.807, 2.05) is 48.6 Å². The number of aliphatic hydroxyl groups is 2. The molecule has 6 N–H and O–H groups in total.